The number of hydrogen-bond donors (Lipinski definition) is 0. The smallest absolute Gasteiger partial charge is 0.123 e. The van der Waals surface area contributed by atoms with E-state index in [1.165, 1.54) is 0 Å². The zero-order valence-corrected chi connectivity index (χ0v) is 13.4. The number of benzene rings is 1. The van der Waals surface area contributed by atoms with Crippen LogP contribution in [0.15, 0.2) is 22.7 Å². The van der Waals surface area contributed by atoms with Crippen LogP contribution in [0.1, 0.15) is 19.4 Å². The van der Waals surface area contributed by atoms with E-state index < -0.39 is 0 Å². The predicted octanol–water partition coefficient (Wildman–Crippen LogP) is 3.25. The molecule has 0 bridgehead atoms. The van der Waals surface area contributed by atoms with Gasteiger partial charge in [0.2, 0.25) is 0 Å². The van der Waals surface area contributed by atoms with Crippen LogP contribution in [-0.4, -0.2) is 43.3 Å². The van der Waals surface area contributed by atoms with Gasteiger partial charge in [-0.05, 0) is 38.5 Å². The molecule has 0 saturated carbocycles. The summed E-state index contributed by atoms with van der Waals surface area (Å²) in [6.45, 7) is 9.88. The Balaban J connectivity index is 1.89. The lowest BCUT2D eigenvalue weighted by molar-refractivity contribution is -0.0565. The molecule has 19 heavy (non-hydrogen) atoms. The second-order valence-corrected chi connectivity index (χ2v) is 6.22. The van der Waals surface area contributed by atoms with Crippen molar-refractivity contribution in [2.45, 2.75) is 32.9 Å². The van der Waals surface area contributed by atoms with Gasteiger partial charge in [-0.2, -0.15) is 0 Å². The maximum Gasteiger partial charge on any atom is 0.123 e. The fraction of sp³-hybridized carbons (Fsp3) is 0.600. The molecule has 1 unspecified atom stereocenters. The van der Waals surface area contributed by atoms with Crippen molar-refractivity contribution in [1.82, 2.24) is 4.90 Å². The van der Waals surface area contributed by atoms with Gasteiger partial charge < -0.3 is 9.47 Å². The second-order valence-electron chi connectivity index (χ2n) is 5.30. The van der Waals surface area contributed by atoms with E-state index in [-0.39, 0.29) is 6.10 Å². The zero-order chi connectivity index (χ0) is 13.8. The summed E-state index contributed by atoms with van der Waals surface area (Å²) in [4.78, 5) is 2.44. The summed E-state index contributed by atoms with van der Waals surface area (Å²) in [6.07, 6.45) is 0.162. The van der Waals surface area contributed by atoms with Crippen molar-refractivity contribution < 1.29 is 9.47 Å². The fourth-order valence-electron chi connectivity index (χ4n) is 2.22. The number of aryl methyl sites for hydroxylation is 1. The Morgan fingerprint density at radius 3 is 3.00 bits per heavy atom. The molecule has 0 aliphatic carbocycles. The fourth-order valence-corrected chi connectivity index (χ4v) is 2.56. The predicted molar refractivity (Wildman–Crippen MR) is 80.8 cm³/mol. The van der Waals surface area contributed by atoms with E-state index in [4.69, 9.17) is 9.47 Å². The van der Waals surface area contributed by atoms with Crippen LogP contribution in [0.4, 0.5) is 0 Å². The van der Waals surface area contributed by atoms with E-state index >= 15 is 0 Å². The molecule has 0 N–H and O–H groups in total. The van der Waals surface area contributed by atoms with E-state index in [1.54, 1.807) is 0 Å². The number of rotatable bonds is 4. The number of nitrogens with zero attached hydrogens (tertiary/aromatic N) is 1. The van der Waals surface area contributed by atoms with Crippen molar-refractivity contribution in [2.24, 2.45) is 0 Å². The molecule has 0 spiro atoms. The molecule has 1 aromatic rings. The molecule has 1 aliphatic rings. The molecule has 0 amide bonds. The highest BCUT2D eigenvalue weighted by atomic mass is 79.9. The normalized spacial score (nSPS) is 20.8. The van der Waals surface area contributed by atoms with Gasteiger partial charge in [0.1, 0.15) is 18.5 Å². The van der Waals surface area contributed by atoms with Crippen LogP contribution in [0.25, 0.3) is 0 Å². The highest BCUT2D eigenvalue weighted by Gasteiger charge is 2.22. The zero-order valence-electron chi connectivity index (χ0n) is 11.9. The third-order valence-corrected chi connectivity index (χ3v) is 3.97. The molecule has 106 valence electrons. The van der Waals surface area contributed by atoms with Crippen molar-refractivity contribution in [3.05, 3.63) is 28.2 Å². The van der Waals surface area contributed by atoms with Crippen LogP contribution >= 0.6 is 15.9 Å². The summed E-state index contributed by atoms with van der Waals surface area (Å²) in [5.41, 5.74) is 1.15. The number of hydrogen-bond acceptors (Lipinski definition) is 3. The molecule has 0 radical (unpaired) electrons. The lowest BCUT2D eigenvalue weighted by Gasteiger charge is -2.35. The van der Waals surface area contributed by atoms with Crippen LogP contribution in [0, 0.1) is 6.92 Å². The quantitative estimate of drug-likeness (QED) is 0.847. The Kier molecular flexibility index (Phi) is 5.25. The number of morpholine rings is 1. The van der Waals surface area contributed by atoms with Crippen molar-refractivity contribution >= 4 is 15.9 Å². The SMILES string of the molecule is Cc1ccc(Br)cc1OCC1CN(C(C)C)CCO1. The molecular weight excluding hydrogens is 306 g/mol. The second kappa shape index (κ2) is 6.73. The molecule has 1 atom stereocenters. The van der Waals surface area contributed by atoms with Crippen LogP contribution in [0.2, 0.25) is 0 Å². The average molecular weight is 328 g/mol. The molecule has 1 saturated heterocycles. The van der Waals surface area contributed by atoms with E-state index in [1.807, 2.05) is 12.1 Å². The third kappa shape index (κ3) is 4.20. The molecule has 0 aromatic heterocycles. The van der Waals surface area contributed by atoms with Gasteiger partial charge in [-0.15, -0.1) is 0 Å². The first-order chi connectivity index (χ1) is 9.06. The monoisotopic (exact) mass is 327 g/mol. The van der Waals surface area contributed by atoms with E-state index in [0.29, 0.717) is 12.6 Å². The summed E-state index contributed by atoms with van der Waals surface area (Å²) >= 11 is 3.47. The maximum atomic E-state index is 5.90. The highest BCUT2D eigenvalue weighted by Crippen LogP contribution is 2.23. The minimum atomic E-state index is 0.162. The minimum Gasteiger partial charge on any atom is -0.491 e. The summed E-state index contributed by atoms with van der Waals surface area (Å²) in [5.74, 6) is 0.930. The lowest BCUT2D eigenvalue weighted by atomic mass is 10.2. The van der Waals surface area contributed by atoms with Crippen LogP contribution in [-0.2, 0) is 4.74 Å². The van der Waals surface area contributed by atoms with E-state index in [2.05, 4.69) is 47.7 Å². The minimum absolute atomic E-state index is 0.162. The van der Waals surface area contributed by atoms with Crippen molar-refractivity contribution in [3.8, 4) is 5.75 Å². The molecule has 1 aliphatic heterocycles. The summed E-state index contributed by atoms with van der Waals surface area (Å²) in [5, 5.41) is 0. The van der Waals surface area contributed by atoms with Crippen molar-refractivity contribution in [3.63, 3.8) is 0 Å². The Bertz CT molecular complexity index is 423. The first-order valence-corrected chi connectivity index (χ1v) is 7.60. The molecule has 2 rings (SSSR count). The summed E-state index contributed by atoms with van der Waals surface area (Å²) in [6, 6.07) is 6.67. The van der Waals surface area contributed by atoms with Gasteiger partial charge in [0.15, 0.2) is 0 Å². The summed E-state index contributed by atoms with van der Waals surface area (Å²) < 4.78 is 12.7. The first kappa shape index (κ1) is 14.8. The Morgan fingerprint density at radius 2 is 2.26 bits per heavy atom. The standard InChI is InChI=1S/C15H22BrNO2/c1-11(2)17-6-7-18-14(9-17)10-19-15-8-13(16)5-4-12(15)3/h4-5,8,11,14H,6-7,9-10H2,1-3H3. The molecule has 4 heteroatoms. The van der Waals surface area contributed by atoms with Crippen LogP contribution < -0.4 is 4.74 Å². The molecule has 1 fully saturated rings. The molecular formula is C15H22BrNO2. The van der Waals surface area contributed by atoms with Gasteiger partial charge >= 0.3 is 0 Å². The topological polar surface area (TPSA) is 21.7 Å². The third-order valence-electron chi connectivity index (χ3n) is 3.48. The Hall–Kier alpha value is -0.580. The largest absolute Gasteiger partial charge is 0.491 e. The van der Waals surface area contributed by atoms with Crippen molar-refractivity contribution in [1.29, 1.82) is 0 Å². The molecule has 3 nitrogen and oxygen atoms in total. The molecule has 1 aromatic carbocycles. The van der Waals surface area contributed by atoms with Gasteiger partial charge in [0.25, 0.3) is 0 Å². The maximum absolute atomic E-state index is 5.90. The lowest BCUT2D eigenvalue weighted by Crippen LogP contribution is -2.47. The van der Waals surface area contributed by atoms with E-state index in [0.717, 1.165) is 35.5 Å². The summed E-state index contributed by atoms with van der Waals surface area (Å²) in [7, 11) is 0. The first-order valence-electron chi connectivity index (χ1n) is 6.81. The van der Waals surface area contributed by atoms with Gasteiger partial charge in [-0.3, -0.25) is 4.90 Å². The number of ether oxygens (including phenoxy) is 2. The van der Waals surface area contributed by atoms with Gasteiger partial charge in [0, 0.05) is 23.6 Å². The van der Waals surface area contributed by atoms with Crippen LogP contribution in [0.5, 0.6) is 5.75 Å². The highest BCUT2D eigenvalue weighted by molar-refractivity contribution is 9.10. The Labute approximate surface area is 124 Å². The van der Waals surface area contributed by atoms with Gasteiger partial charge in [-0.1, -0.05) is 22.0 Å². The molecule has 1 heterocycles. The Morgan fingerprint density at radius 1 is 1.47 bits per heavy atom. The average Bonchev–Trinajstić information content (AvgIpc) is 2.40. The van der Waals surface area contributed by atoms with Crippen LogP contribution in [0.3, 0.4) is 0 Å². The van der Waals surface area contributed by atoms with Crippen molar-refractivity contribution in [2.75, 3.05) is 26.3 Å². The van der Waals surface area contributed by atoms with Gasteiger partial charge in [0.05, 0.1) is 6.61 Å². The number of halogens is 1. The van der Waals surface area contributed by atoms with E-state index in [9.17, 15) is 0 Å². The van der Waals surface area contributed by atoms with Gasteiger partial charge in [-0.25, -0.2) is 0 Å².